The number of carboxylic acids is 1. The lowest BCUT2D eigenvalue weighted by Gasteiger charge is -2.22. The molecule has 15 heavy (non-hydrogen) atoms. The zero-order valence-electron chi connectivity index (χ0n) is 8.60. The summed E-state index contributed by atoms with van der Waals surface area (Å²) >= 11 is 1.40. The Labute approximate surface area is 99.7 Å². The molecule has 0 aliphatic heterocycles. The SMILES string of the molecule is CCCC[C@@](N)(C(=O)O)c1cccs1.Cl. The van der Waals surface area contributed by atoms with Gasteiger partial charge in [0, 0.05) is 4.88 Å². The molecule has 1 heterocycles. The van der Waals surface area contributed by atoms with E-state index in [0.717, 1.165) is 17.7 Å². The average Bonchev–Trinajstić information content (AvgIpc) is 2.66. The molecule has 1 atom stereocenters. The van der Waals surface area contributed by atoms with Crippen molar-refractivity contribution in [3.8, 4) is 0 Å². The molecular weight excluding hydrogens is 234 g/mol. The van der Waals surface area contributed by atoms with Crippen LogP contribution < -0.4 is 5.73 Å². The van der Waals surface area contributed by atoms with E-state index < -0.39 is 11.5 Å². The molecule has 0 aliphatic carbocycles. The molecule has 1 aromatic rings. The number of halogens is 1. The van der Waals surface area contributed by atoms with Gasteiger partial charge in [-0.05, 0) is 17.9 Å². The van der Waals surface area contributed by atoms with E-state index in [4.69, 9.17) is 10.8 Å². The smallest absolute Gasteiger partial charge is 0.329 e. The van der Waals surface area contributed by atoms with Gasteiger partial charge in [-0.25, -0.2) is 4.79 Å². The second-order valence-electron chi connectivity index (χ2n) is 3.36. The van der Waals surface area contributed by atoms with Gasteiger partial charge in [0.15, 0.2) is 0 Å². The molecule has 3 N–H and O–H groups in total. The predicted octanol–water partition coefficient (Wildman–Crippen LogP) is 2.60. The summed E-state index contributed by atoms with van der Waals surface area (Å²) in [5, 5.41) is 11.0. The summed E-state index contributed by atoms with van der Waals surface area (Å²) in [6.45, 7) is 2.02. The lowest BCUT2D eigenvalue weighted by Crippen LogP contribution is -2.44. The first kappa shape index (κ1) is 14.4. The molecule has 0 amide bonds. The van der Waals surface area contributed by atoms with Crippen LogP contribution in [0.3, 0.4) is 0 Å². The van der Waals surface area contributed by atoms with E-state index in [2.05, 4.69) is 0 Å². The maximum absolute atomic E-state index is 11.1. The topological polar surface area (TPSA) is 63.3 Å². The third-order valence-electron chi connectivity index (χ3n) is 2.27. The fourth-order valence-electron chi connectivity index (χ4n) is 1.32. The summed E-state index contributed by atoms with van der Waals surface area (Å²) < 4.78 is 0. The van der Waals surface area contributed by atoms with Crippen molar-refractivity contribution in [2.24, 2.45) is 5.73 Å². The van der Waals surface area contributed by atoms with Crippen LogP contribution in [0.4, 0.5) is 0 Å². The number of nitrogens with two attached hydrogens (primary N) is 1. The fourth-order valence-corrected chi connectivity index (χ4v) is 2.18. The monoisotopic (exact) mass is 249 g/mol. The van der Waals surface area contributed by atoms with Gasteiger partial charge in [-0.1, -0.05) is 25.8 Å². The minimum atomic E-state index is -1.19. The molecule has 0 fully saturated rings. The van der Waals surface area contributed by atoms with Crippen molar-refractivity contribution in [2.75, 3.05) is 0 Å². The minimum Gasteiger partial charge on any atom is -0.480 e. The van der Waals surface area contributed by atoms with Gasteiger partial charge in [0.25, 0.3) is 0 Å². The molecule has 5 heteroatoms. The Morgan fingerprint density at radius 2 is 2.33 bits per heavy atom. The zero-order valence-corrected chi connectivity index (χ0v) is 10.2. The number of thiophene rings is 1. The van der Waals surface area contributed by atoms with Gasteiger partial charge in [0.2, 0.25) is 0 Å². The molecule has 0 aromatic carbocycles. The van der Waals surface area contributed by atoms with Gasteiger partial charge in [-0.2, -0.15) is 0 Å². The van der Waals surface area contributed by atoms with Crippen LogP contribution in [0.25, 0.3) is 0 Å². The van der Waals surface area contributed by atoms with Gasteiger partial charge >= 0.3 is 5.97 Å². The number of carboxylic acid groups (broad SMARTS) is 1. The second-order valence-corrected chi connectivity index (χ2v) is 4.31. The highest BCUT2D eigenvalue weighted by atomic mass is 35.5. The molecule has 1 aromatic heterocycles. The molecule has 0 spiro atoms. The molecule has 0 unspecified atom stereocenters. The zero-order chi connectivity index (χ0) is 10.6. The van der Waals surface area contributed by atoms with Crippen LogP contribution in [0, 0.1) is 0 Å². The Kier molecular flexibility index (Phi) is 5.87. The van der Waals surface area contributed by atoms with E-state index in [9.17, 15) is 4.79 Å². The lowest BCUT2D eigenvalue weighted by atomic mass is 9.92. The van der Waals surface area contributed by atoms with E-state index in [1.807, 2.05) is 18.4 Å². The molecule has 0 aliphatic rings. The first-order valence-electron chi connectivity index (χ1n) is 4.67. The van der Waals surface area contributed by atoms with Crippen LogP contribution >= 0.6 is 23.7 Å². The highest BCUT2D eigenvalue weighted by molar-refractivity contribution is 7.10. The van der Waals surface area contributed by atoms with Crippen LogP contribution in [0.15, 0.2) is 17.5 Å². The number of unbranched alkanes of at least 4 members (excludes halogenated alkanes) is 1. The molecule has 3 nitrogen and oxygen atoms in total. The highest BCUT2D eigenvalue weighted by Gasteiger charge is 2.36. The summed E-state index contributed by atoms with van der Waals surface area (Å²) in [5.74, 6) is -0.937. The number of hydrogen-bond donors (Lipinski definition) is 2. The van der Waals surface area contributed by atoms with Crippen molar-refractivity contribution < 1.29 is 9.90 Å². The summed E-state index contributed by atoms with van der Waals surface area (Å²) in [6, 6.07) is 3.62. The van der Waals surface area contributed by atoms with E-state index >= 15 is 0 Å². The van der Waals surface area contributed by atoms with Gasteiger partial charge in [0.1, 0.15) is 5.54 Å². The molecule has 0 saturated carbocycles. The summed E-state index contributed by atoms with van der Waals surface area (Å²) in [5.41, 5.74) is 4.71. The van der Waals surface area contributed by atoms with Gasteiger partial charge < -0.3 is 10.8 Å². The van der Waals surface area contributed by atoms with Crippen molar-refractivity contribution in [3.63, 3.8) is 0 Å². The van der Waals surface area contributed by atoms with Gasteiger partial charge in [-0.15, -0.1) is 23.7 Å². The Bertz CT molecular complexity index is 302. The lowest BCUT2D eigenvalue weighted by molar-refractivity contribution is -0.144. The minimum absolute atomic E-state index is 0. The number of hydrogen-bond acceptors (Lipinski definition) is 3. The van der Waals surface area contributed by atoms with Crippen molar-refractivity contribution in [1.82, 2.24) is 0 Å². The van der Waals surface area contributed by atoms with Gasteiger partial charge in [-0.3, -0.25) is 0 Å². The largest absolute Gasteiger partial charge is 0.480 e. The Balaban J connectivity index is 0.00000196. The van der Waals surface area contributed by atoms with E-state index in [1.54, 1.807) is 6.07 Å². The Morgan fingerprint density at radius 1 is 1.67 bits per heavy atom. The maximum Gasteiger partial charge on any atom is 0.329 e. The fraction of sp³-hybridized carbons (Fsp3) is 0.500. The molecule has 0 saturated heterocycles. The third-order valence-corrected chi connectivity index (χ3v) is 3.31. The summed E-state index contributed by atoms with van der Waals surface area (Å²) in [7, 11) is 0. The molecule has 0 bridgehead atoms. The van der Waals surface area contributed by atoms with Crippen molar-refractivity contribution in [1.29, 1.82) is 0 Å². The maximum atomic E-state index is 11.1. The van der Waals surface area contributed by atoms with Crippen molar-refractivity contribution in [3.05, 3.63) is 22.4 Å². The Morgan fingerprint density at radius 3 is 2.73 bits per heavy atom. The van der Waals surface area contributed by atoms with E-state index in [0.29, 0.717) is 6.42 Å². The predicted molar refractivity (Wildman–Crippen MR) is 64.6 cm³/mol. The number of carbonyl (C=O) groups is 1. The standard InChI is InChI=1S/C10H15NO2S.ClH/c1-2-3-6-10(11,9(12)13)8-5-4-7-14-8;/h4-5,7H,2-3,6,11H2,1H3,(H,12,13);1H/t10-;/m0./s1. The van der Waals surface area contributed by atoms with Crippen molar-refractivity contribution in [2.45, 2.75) is 31.7 Å². The van der Waals surface area contributed by atoms with Crippen LogP contribution in [-0.2, 0) is 10.3 Å². The van der Waals surface area contributed by atoms with Crippen LogP contribution in [-0.4, -0.2) is 11.1 Å². The number of aliphatic carboxylic acids is 1. The quantitative estimate of drug-likeness (QED) is 0.843. The molecule has 0 radical (unpaired) electrons. The third kappa shape index (κ3) is 3.19. The van der Waals surface area contributed by atoms with E-state index in [-0.39, 0.29) is 12.4 Å². The van der Waals surface area contributed by atoms with Crippen molar-refractivity contribution >= 4 is 29.7 Å². The van der Waals surface area contributed by atoms with Crippen LogP contribution in [0.1, 0.15) is 31.1 Å². The van der Waals surface area contributed by atoms with E-state index in [1.165, 1.54) is 11.3 Å². The normalized spacial score (nSPS) is 14.0. The number of rotatable bonds is 5. The first-order valence-corrected chi connectivity index (χ1v) is 5.55. The average molecular weight is 250 g/mol. The Hall–Kier alpha value is -0.580. The second kappa shape index (κ2) is 6.10. The molecule has 86 valence electrons. The van der Waals surface area contributed by atoms with Gasteiger partial charge in [0.05, 0.1) is 0 Å². The summed E-state index contributed by atoms with van der Waals surface area (Å²) in [6.07, 6.45) is 2.29. The highest BCUT2D eigenvalue weighted by Crippen LogP contribution is 2.28. The van der Waals surface area contributed by atoms with Crippen LogP contribution in [0.2, 0.25) is 0 Å². The first-order chi connectivity index (χ1) is 6.61. The summed E-state index contributed by atoms with van der Waals surface area (Å²) in [4.78, 5) is 11.8. The molecule has 1 rings (SSSR count). The molecular formula is C10H16ClNO2S. The van der Waals surface area contributed by atoms with Crippen LogP contribution in [0.5, 0.6) is 0 Å².